The first-order valence-corrected chi connectivity index (χ1v) is 9.22. The summed E-state index contributed by atoms with van der Waals surface area (Å²) in [5.41, 5.74) is 2.02. The second-order valence-corrected chi connectivity index (χ2v) is 7.91. The van der Waals surface area contributed by atoms with E-state index in [-0.39, 0.29) is 17.5 Å². The van der Waals surface area contributed by atoms with Gasteiger partial charge in [0.2, 0.25) is 15.9 Å². The lowest BCUT2D eigenvalue weighted by molar-refractivity contribution is -0.121. The lowest BCUT2D eigenvalue weighted by atomic mass is 10.0. The minimum atomic E-state index is -3.85. The van der Waals surface area contributed by atoms with Crippen molar-refractivity contribution in [1.29, 1.82) is 0 Å². The van der Waals surface area contributed by atoms with Gasteiger partial charge in [-0.1, -0.05) is 24.3 Å². The third-order valence-electron chi connectivity index (χ3n) is 3.92. The van der Waals surface area contributed by atoms with Gasteiger partial charge in [0.25, 0.3) is 0 Å². The van der Waals surface area contributed by atoms with Crippen molar-refractivity contribution in [3.05, 3.63) is 65.5 Å². The molecule has 0 aliphatic carbocycles. The van der Waals surface area contributed by atoms with E-state index in [0.717, 1.165) is 27.6 Å². The summed E-state index contributed by atoms with van der Waals surface area (Å²) in [5.74, 6) is -0.935. The van der Waals surface area contributed by atoms with Crippen LogP contribution in [0.1, 0.15) is 24.1 Å². The molecule has 0 saturated heterocycles. The first-order valence-electron chi connectivity index (χ1n) is 7.78. The average molecular weight is 364 g/mol. The molecule has 1 N–H and O–H groups in total. The fourth-order valence-corrected chi connectivity index (χ4v) is 3.64. The fourth-order valence-electron chi connectivity index (χ4n) is 2.51. The number of benzene rings is 2. The van der Waals surface area contributed by atoms with E-state index >= 15 is 0 Å². The number of nitrogens with one attached hydrogen (secondary N) is 1. The number of aryl methyl sites for hydroxylation is 1. The van der Waals surface area contributed by atoms with Crippen LogP contribution in [0.3, 0.4) is 0 Å². The molecule has 0 aliphatic heterocycles. The van der Waals surface area contributed by atoms with Crippen molar-refractivity contribution >= 4 is 15.9 Å². The van der Waals surface area contributed by atoms with Crippen LogP contribution in [0.2, 0.25) is 0 Å². The second kappa shape index (κ2) is 7.76. The molecule has 5 nitrogen and oxygen atoms in total. The number of hydrogen-bond acceptors (Lipinski definition) is 3. The molecule has 0 unspecified atom stereocenters. The summed E-state index contributed by atoms with van der Waals surface area (Å²) in [5, 5.41) is 2.80. The lowest BCUT2D eigenvalue weighted by Crippen LogP contribution is -2.39. The van der Waals surface area contributed by atoms with Gasteiger partial charge in [0.05, 0.1) is 17.5 Å². The Hall–Kier alpha value is -2.25. The van der Waals surface area contributed by atoms with Gasteiger partial charge in [-0.05, 0) is 49.2 Å². The molecule has 2 aromatic rings. The van der Waals surface area contributed by atoms with Crippen molar-refractivity contribution < 1.29 is 17.6 Å². The van der Waals surface area contributed by atoms with Crippen molar-refractivity contribution in [2.45, 2.75) is 24.8 Å². The van der Waals surface area contributed by atoms with Gasteiger partial charge >= 0.3 is 0 Å². The van der Waals surface area contributed by atoms with Gasteiger partial charge in [0.15, 0.2) is 0 Å². The van der Waals surface area contributed by atoms with E-state index in [1.54, 1.807) is 0 Å². The molecule has 7 heteroatoms. The first-order chi connectivity index (χ1) is 11.7. The first kappa shape index (κ1) is 19.1. The highest BCUT2D eigenvalue weighted by Gasteiger charge is 2.23. The Morgan fingerprint density at radius 2 is 1.76 bits per heavy atom. The van der Waals surface area contributed by atoms with E-state index in [4.69, 9.17) is 0 Å². The normalized spacial score (nSPS) is 12.8. The van der Waals surface area contributed by atoms with Crippen molar-refractivity contribution in [3.8, 4) is 0 Å². The maximum Gasteiger partial charge on any atom is 0.243 e. The zero-order chi connectivity index (χ0) is 18.6. The minimum absolute atomic E-state index is 0.0591. The Morgan fingerprint density at radius 1 is 1.16 bits per heavy atom. The summed E-state index contributed by atoms with van der Waals surface area (Å²) < 4.78 is 38.7. The molecular formula is C18H21FN2O3S. The quantitative estimate of drug-likeness (QED) is 0.857. The average Bonchev–Trinajstić information content (AvgIpc) is 2.55. The Labute approximate surface area is 147 Å². The minimum Gasteiger partial charge on any atom is -0.348 e. The van der Waals surface area contributed by atoms with Crippen LogP contribution in [-0.4, -0.2) is 32.2 Å². The van der Waals surface area contributed by atoms with Crippen molar-refractivity contribution in [3.63, 3.8) is 0 Å². The van der Waals surface area contributed by atoms with Crippen LogP contribution in [-0.2, 0) is 14.8 Å². The zero-order valence-corrected chi connectivity index (χ0v) is 15.2. The van der Waals surface area contributed by atoms with Gasteiger partial charge < -0.3 is 5.32 Å². The molecule has 0 saturated carbocycles. The van der Waals surface area contributed by atoms with Gasteiger partial charge in [0.1, 0.15) is 5.82 Å². The number of halogens is 1. The molecule has 134 valence electrons. The van der Waals surface area contributed by atoms with Crippen molar-refractivity contribution in [2.75, 3.05) is 13.6 Å². The maximum absolute atomic E-state index is 13.0. The standard InChI is InChI=1S/C18H21FN2O3S/c1-13-6-4-5-7-17(13)14(2)20-18(22)12-21(3)25(23,24)16-10-8-15(19)9-11-16/h4-11,14H,12H2,1-3H3,(H,20,22)/t14-/m0/s1. The molecular weight excluding hydrogens is 343 g/mol. The van der Waals surface area contributed by atoms with E-state index < -0.39 is 21.7 Å². The molecule has 0 fully saturated rings. The number of likely N-dealkylation sites (N-methyl/N-ethyl adjacent to an activating group) is 1. The summed E-state index contributed by atoms with van der Waals surface area (Å²) in [4.78, 5) is 12.1. The van der Waals surface area contributed by atoms with Gasteiger partial charge in [-0.3, -0.25) is 4.79 Å². The van der Waals surface area contributed by atoms with Crippen molar-refractivity contribution in [2.24, 2.45) is 0 Å². The number of carbonyl (C=O) groups excluding carboxylic acids is 1. The van der Waals surface area contributed by atoms with Gasteiger partial charge in [-0.2, -0.15) is 4.31 Å². The molecule has 0 heterocycles. The summed E-state index contributed by atoms with van der Waals surface area (Å²) in [7, 11) is -2.54. The van der Waals surface area contributed by atoms with Crippen LogP contribution in [0.4, 0.5) is 4.39 Å². The highest BCUT2D eigenvalue weighted by atomic mass is 32.2. The number of sulfonamides is 1. The van der Waals surface area contributed by atoms with Crippen LogP contribution in [0.15, 0.2) is 53.4 Å². The van der Waals surface area contributed by atoms with E-state index in [1.807, 2.05) is 38.1 Å². The Balaban J connectivity index is 2.04. The topological polar surface area (TPSA) is 66.5 Å². The molecule has 25 heavy (non-hydrogen) atoms. The number of carbonyl (C=O) groups is 1. The van der Waals surface area contributed by atoms with E-state index in [9.17, 15) is 17.6 Å². The van der Waals surface area contributed by atoms with Crippen molar-refractivity contribution in [1.82, 2.24) is 9.62 Å². The Kier molecular flexibility index (Phi) is 5.92. The molecule has 0 radical (unpaired) electrons. The molecule has 1 amide bonds. The predicted molar refractivity (Wildman–Crippen MR) is 94.0 cm³/mol. The highest BCUT2D eigenvalue weighted by Crippen LogP contribution is 2.17. The van der Waals surface area contributed by atoms with Crippen LogP contribution in [0.25, 0.3) is 0 Å². The summed E-state index contributed by atoms with van der Waals surface area (Å²) in [6.07, 6.45) is 0. The molecule has 0 spiro atoms. The van der Waals surface area contributed by atoms with E-state index in [2.05, 4.69) is 5.32 Å². The summed E-state index contributed by atoms with van der Waals surface area (Å²) >= 11 is 0. The molecule has 0 aliphatic rings. The van der Waals surface area contributed by atoms with E-state index in [1.165, 1.54) is 19.2 Å². The Morgan fingerprint density at radius 3 is 2.36 bits per heavy atom. The lowest BCUT2D eigenvalue weighted by Gasteiger charge is -2.20. The summed E-state index contributed by atoms with van der Waals surface area (Å²) in [6.45, 7) is 3.47. The maximum atomic E-state index is 13.0. The van der Waals surface area contributed by atoms with Crippen LogP contribution in [0.5, 0.6) is 0 Å². The number of rotatable bonds is 6. The van der Waals surface area contributed by atoms with Gasteiger partial charge in [-0.15, -0.1) is 0 Å². The molecule has 0 bridgehead atoms. The van der Waals surface area contributed by atoms with Gasteiger partial charge in [-0.25, -0.2) is 12.8 Å². The number of hydrogen-bond donors (Lipinski definition) is 1. The monoisotopic (exact) mass is 364 g/mol. The molecule has 2 rings (SSSR count). The van der Waals surface area contributed by atoms with Gasteiger partial charge in [0, 0.05) is 7.05 Å². The molecule has 1 atom stereocenters. The number of amides is 1. The SMILES string of the molecule is Cc1ccccc1[C@H](C)NC(=O)CN(C)S(=O)(=O)c1ccc(F)cc1. The fraction of sp³-hybridized carbons (Fsp3) is 0.278. The molecule has 0 aromatic heterocycles. The predicted octanol–water partition coefficient (Wildman–Crippen LogP) is 2.63. The van der Waals surface area contributed by atoms with Crippen LogP contribution >= 0.6 is 0 Å². The molecule has 2 aromatic carbocycles. The summed E-state index contributed by atoms with van der Waals surface area (Å²) in [6, 6.07) is 11.9. The van der Waals surface area contributed by atoms with E-state index in [0.29, 0.717) is 0 Å². The Bertz CT molecular complexity index is 851. The third kappa shape index (κ3) is 4.64. The highest BCUT2D eigenvalue weighted by molar-refractivity contribution is 7.89. The third-order valence-corrected chi connectivity index (χ3v) is 5.74. The van der Waals surface area contributed by atoms with Crippen LogP contribution < -0.4 is 5.32 Å². The second-order valence-electron chi connectivity index (χ2n) is 5.86. The largest absolute Gasteiger partial charge is 0.348 e. The zero-order valence-electron chi connectivity index (χ0n) is 14.4. The number of nitrogens with zero attached hydrogens (tertiary/aromatic N) is 1. The smallest absolute Gasteiger partial charge is 0.243 e. The van der Waals surface area contributed by atoms with Crippen LogP contribution in [0, 0.1) is 12.7 Å².